The Labute approximate surface area is 236 Å². The standard InChI is InChI=1S/C31H46O9/c1-16-28(35)23(33)13-26(38-16)40-20-7-9-29(3)19(12-20)5-6-22-21(29)8-10-30(4)27(18-11-25(34)37-15-18)24(39-17(2)32)14-31(22,30)36/h11,16,19-24,26-28,33,35-36H,5-10,12-15H2,1-4H3. The lowest BCUT2D eigenvalue weighted by Crippen LogP contribution is -2.62. The molecule has 4 saturated carbocycles. The number of hydrogen-bond donors (Lipinski definition) is 3. The average molecular weight is 563 g/mol. The minimum absolute atomic E-state index is 0.0438. The number of aliphatic hydroxyl groups excluding tert-OH is 2. The van der Waals surface area contributed by atoms with Gasteiger partial charge in [-0.25, -0.2) is 4.79 Å². The lowest BCUT2D eigenvalue weighted by Gasteiger charge is -2.63. The molecule has 0 bridgehead atoms. The maximum atomic E-state index is 12.7. The first-order valence-electron chi connectivity index (χ1n) is 15.3. The Kier molecular flexibility index (Phi) is 7.18. The molecule has 0 radical (unpaired) electrons. The Morgan fingerprint density at radius 1 is 1.07 bits per heavy atom. The van der Waals surface area contributed by atoms with Gasteiger partial charge in [0.2, 0.25) is 0 Å². The number of cyclic esters (lactones) is 1. The van der Waals surface area contributed by atoms with Gasteiger partial charge in [-0.3, -0.25) is 4.79 Å². The molecular weight excluding hydrogens is 516 g/mol. The maximum absolute atomic E-state index is 12.7. The van der Waals surface area contributed by atoms with Crippen molar-refractivity contribution in [2.75, 3.05) is 6.61 Å². The molecule has 0 spiro atoms. The number of esters is 2. The minimum Gasteiger partial charge on any atom is -0.462 e. The van der Waals surface area contributed by atoms with Crippen LogP contribution in [0, 0.1) is 34.5 Å². The molecule has 5 fully saturated rings. The van der Waals surface area contributed by atoms with Crippen LogP contribution in [-0.2, 0) is 28.5 Å². The van der Waals surface area contributed by atoms with Gasteiger partial charge >= 0.3 is 11.9 Å². The maximum Gasteiger partial charge on any atom is 0.331 e. The number of carbonyl (C=O) groups is 2. The van der Waals surface area contributed by atoms with Crippen molar-refractivity contribution in [2.45, 2.75) is 128 Å². The fraction of sp³-hybridized carbons (Fsp3) is 0.871. The van der Waals surface area contributed by atoms with E-state index in [4.69, 9.17) is 18.9 Å². The third-order valence-electron chi connectivity index (χ3n) is 12.2. The minimum atomic E-state index is -1.00. The fourth-order valence-electron chi connectivity index (χ4n) is 10.2. The van der Waals surface area contributed by atoms with Crippen molar-refractivity contribution in [1.29, 1.82) is 0 Å². The number of aliphatic hydroxyl groups is 3. The van der Waals surface area contributed by atoms with Gasteiger partial charge in [0.25, 0.3) is 0 Å². The van der Waals surface area contributed by atoms with Gasteiger partial charge in [-0.2, -0.15) is 0 Å². The highest BCUT2D eigenvalue weighted by molar-refractivity contribution is 5.85. The summed E-state index contributed by atoms with van der Waals surface area (Å²) in [4.78, 5) is 24.1. The molecule has 4 aliphatic carbocycles. The van der Waals surface area contributed by atoms with Gasteiger partial charge in [0.1, 0.15) is 18.8 Å². The molecule has 3 N–H and O–H groups in total. The van der Waals surface area contributed by atoms with Gasteiger partial charge in [0, 0.05) is 37.2 Å². The third kappa shape index (κ3) is 4.37. The summed E-state index contributed by atoms with van der Waals surface area (Å²) in [6, 6.07) is 0. The first kappa shape index (κ1) is 28.6. The van der Waals surface area contributed by atoms with Crippen LogP contribution in [0.3, 0.4) is 0 Å². The average Bonchev–Trinajstić information content (AvgIpc) is 3.39. The van der Waals surface area contributed by atoms with Crippen LogP contribution in [0.4, 0.5) is 0 Å². The molecule has 40 heavy (non-hydrogen) atoms. The van der Waals surface area contributed by atoms with E-state index in [1.807, 2.05) is 0 Å². The van der Waals surface area contributed by atoms with Crippen LogP contribution >= 0.6 is 0 Å². The summed E-state index contributed by atoms with van der Waals surface area (Å²) in [6.07, 6.45) is 5.56. The Morgan fingerprint density at radius 3 is 2.52 bits per heavy atom. The smallest absolute Gasteiger partial charge is 0.331 e. The van der Waals surface area contributed by atoms with Crippen molar-refractivity contribution in [1.82, 2.24) is 0 Å². The van der Waals surface area contributed by atoms with Gasteiger partial charge in [-0.15, -0.1) is 0 Å². The van der Waals surface area contributed by atoms with Crippen molar-refractivity contribution in [2.24, 2.45) is 34.5 Å². The van der Waals surface area contributed by atoms with Crippen molar-refractivity contribution in [3.63, 3.8) is 0 Å². The second-order valence-corrected chi connectivity index (χ2v) is 14.1. The molecular formula is C31H46O9. The van der Waals surface area contributed by atoms with E-state index >= 15 is 0 Å². The molecule has 6 rings (SSSR count). The fourth-order valence-corrected chi connectivity index (χ4v) is 10.2. The molecule has 13 atom stereocenters. The van der Waals surface area contributed by atoms with E-state index in [2.05, 4.69) is 13.8 Å². The summed E-state index contributed by atoms with van der Waals surface area (Å²) in [6.45, 7) is 7.90. The zero-order chi connectivity index (χ0) is 28.6. The Hall–Kier alpha value is -1.52. The van der Waals surface area contributed by atoms with E-state index in [0.717, 1.165) is 50.5 Å². The second-order valence-electron chi connectivity index (χ2n) is 14.1. The van der Waals surface area contributed by atoms with Crippen LogP contribution in [0.5, 0.6) is 0 Å². The van der Waals surface area contributed by atoms with Gasteiger partial charge < -0.3 is 34.3 Å². The Morgan fingerprint density at radius 2 is 1.85 bits per heavy atom. The lowest BCUT2D eigenvalue weighted by molar-refractivity contribution is -0.270. The first-order chi connectivity index (χ1) is 18.9. The molecule has 2 aliphatic heterocycles. The van der Waals surface area contributed by atoms with Gasteiger partial charge in [-0.05, 0) is 80.6 Å². The van der Waals surface area contributed by atoms with Crippen LogP contribution < -0.4 is 0 Å². The summed E-state index contributed by atoms with van der Waals surface area (Å²) in [5.74, 6) is -0.0749. The van der Waals surface area contributed by atoms with Crippen molar-refractivity contribution in [3.8, 4) is 0 Å². The Bertz CT molecular complexity index is 1050. The van der Waals surface area contributed by atoms with Gasteiger partial charge in [-0.1, -0.05) is 13.8 Å². The summed E-state index contributed by atoms with van der Waals surface area (Å²) in [5, 5.41) is 32.9. The molecule has 224 valence electrons. The summed E-state index contributed by atoms with van der Waals surface area (Å²) in [5.41, 5.74) is -0.616. The van der Waals surface area contributed by atoms with E-state index in [0.29, 0.717) is 18.3 Å². The van der Waals surface area contributed by atoms with Crippen LogP contribution in [-0.4, -0.2) is 76.3 Å². The van der Waals surface area contributed by atoms with E-state index in [1.165, 1.54) is 6.92 Å². The van der Waals surface area contributed by atoms with E-state index in [-0.39, 0.29) is 48.3 Å². The lowest BCUT2D eigenvalue weighted by atomic mass is 9.43. The van der Waals surface area contributed by atoms with Crippen LogP contribution in [0.15, 0.2) is 11.6 Å². The topological polar surface area (TPSA) is 132 Å². The second kappa shape index (κ2) is 10.0. The van der Waals surface area contributed by atoms with Crippen molar-refractivity contribution < 1.29 is 43.9 Å². The number of hydrogen-bond acceptors (Lipinski definition) is 9. The van der Waals surface area contributed by atoms with Crippen molar-refractivity contribution in [3.05, 3.63) is 11.6 Å². The van der Waals surface area contributed by atoms with Crippen LogP contribution in [0.25, 0.3) is 0 Å². The first-order valence-corrected chi connectivity index (χ1v) is 15.3. The molecule has 0 aromatic carbocycles. The molecule has 0 aromatic rings. The molecule has 2 heterocycles. The van der Waals surface area contributed by atoms with E-state index < -0.39 is 41.7 Å². The predicted molar refractivity (Wildman–Crippen MR) is 142 cm³/mol. The predicted octanol–water partition coefficient (Wildman–Crippen LogP) is 3.03. The monoisotopic (exact) mass is 562 g/mol. The molecule has 0 aromatic heterocycles. The molecule has 9 nitrogen and oxygen atoms in total. The number of rotatable bonds is 4. The number of carbonyl (C=O) groups excluding carboxylic acids is 2. The summed E-state index contributed by atoms with van der Waals surface area (Å²) >= 11 is 0. The van der Waals surface area contributed by atoms with Crippen LogP contribution in [0.1, 0.15) is 85.5 Å². The SMILES string of the molecule is CC(=O)OC1CC2(O)C3CCC4CC(OC5CC(O)C(O)C(C)O5)CCC4(C)C3CCC2(C)C1C1=CC(=O)OC1. The van der Waals surface area contributed by atoms with E-state index in [1.54, 1.807) is 13.0 Å². The summed E-state index contributed by atoms with van der Waals surface area (Å²) in [7, 11) is 0. The number of fused-ring (bicyclic) bond motifs is 5. The summed E-state index contributed by atoms with van der Waals surface area (Å²) < 4.78 is 23.3. The quantitative estimate of drug-likeness (QED) is 0.349. The zero-order valence-electron chi connectivity index (χ0n) is 24.2. The molecule has 9 heteroatoms. The van der Waals surface area contributed by atoms with Gasteiger partial charge in [0.15, 0.2) is 6.29 Å². The molecule has 0 amide bonds. The normalized spacial score (nSPS) is 52.2. The van der Waals surface area contributed by atoms with Crippen LogP contribution in [0.2, 0.25) is 0 Å². The highest BCUT2D eigenvalue weighted by Crippen LogP contribution is 2.70. The highest BCUT2D eigenvalue weighted by Gasteiger charge is 2.71. The molecule has 1 saturated heterocycles. The Balaban J connectivity index is 1.20. The number of ether oxygens (including phenoxy) is 4. The van der Waals surface area contributed by atoms with E-state index in [9.17, 15) is 24.9 Å². The molecule has 6 aliphatic rings. The largest absolute Gasteiger partial charge is 0.462 e. The highest BCUT2D eigenvalue weighted by atomic mass is 16.7. The molecule has 13 unspecified atom stereocenters. The van der Waals surface area contributed by atoms with Gasteiger partial charge in [0.05, 0.1) is 23.9 Å². The zero-order valence-corrected chi connectivity index (χ0v) is 24.2. The van der Waals surface area contributed by atoms with Crippen molar-refractivity contribution >= 4 is 11.9 Å². The third-order valence-corrected chi connectivity index (χ3v) is 12.2.